The third kappa shape index (κ3) is 4.28. The predicted molar refractivity (Wildman–Crippen MR) is 92.4 cm³/mol. The number of carbonyl (C=O) groups is 1. The maximum atomic E-state index is 13.5. The zero-order chi connectivity index (χ0) is 18.8. The smallest absolute Gasteiger partial charge is 0.248 e. The third-order valence-corrected chi connectivity index (χ3v) is 5.21. The van der Waals surface area contributed by atoms with Gasteiger partial charge in [0.05, 0.1) is 12.5 Å². The molecule has 1 aliphatic rings. The van der Waals surface area contributed by atoms with Gasteiger partial charge in [-0.25, -0.2) is 13.8 Å². The van der Waals surface area contributed by atoms with E-state index in [9.17, 15) is 13.6 Å². The Balaban J connectivity index is 1.73. The monoisotopic (exact) mass is 365 g/mol. The van der Waals surface area contributed by atoms with Crippen LogP contribution in [0.15, 0.2) is 31.1 Å². The molecule has 1 amide bonds. The molecule has 0 atom stereocenters. The van der Waals surface area contributed by atoms with Crippen molar-refractivity contribution in [2.75, 3.05) is 6.54 Å². The van der Waals surface area contributed by atoms with Crippen LogP contribution in [0.1, 0.15) is 38.2 Å². The quantitative estimate of drug-likeness (QED) is 0.791. The Hall–Kier alpha value is -2.25. The van der Waals surface area contributed by atoms with E-state index in [0.717, 1.165) is 5.56 Å². The molecular weight excluding hydrogens is 340 g/mol. The fraction of sp³-hybridized carbons (Fsp3) is 0.611. The normalized spacial score (nSPS) is 18.6. The van der Waals surface area contributed by atoms with E-state index in [1.165, 1.54) is 0 Å². The van der Waals surface area contributed by atoms with Crippen LogP contribution >= 0.6 is 0 Å². The van der Waals surface area contributed by atoms with Gasteiger partial charge >= 0.3 is 0 Å². The summed E-state index contributed by atoms with van der Waals surface area (Å²) in [4.78, 5) is 19.0. The van der Waals surface area contributed by atoms with Crippen molar-refractivity contribution in [3.8, 4) is 0 Å². The Bertz CT molecular complexity index is 731. The lowest BCUT2D eigenvalue weighted by Crippen LogP contribution is -2.46. The van der Waals surface area contributed by atoms with Gasteiger partial charge in [0.1, 0.15) is 0 Å². The van der Waals surface area contributed by atoms with Gasteiger partial charge in [-0.05, 0) is 12.8 Å². The van der Waals surface area contributed by atoms with Gasteiger partial charge in [-0.2, -0.15) is 5.10 Å². The molecule has 2 aromatic rings. The molecule has 0 unspecified atom stereocenters. The molecule has 1 saturated carbocycles. The highest BCUT2D eigenvalue weighted by Crippen LogP contribution is 2.44. The summed E-state index contributed by atoms with van der Waals surface area (Å²) >= 11 is 0. The summed E-state index contributed by atoms with van der Waals surface area (Å²) in [6.45, 7) is 3.35. The van der Waals surface area contributed by atoms with Crippen LogP contribution in [0.5, 0.6) is 0 Å². The van der Waals surface area contributed by atoms with Crippen molar-refractivity contribution in [3.05, 3.63) is 36.7 Å². The average molecular weight is 365 g/mol. The van der Waals surface area contributed by atoms with E-state index < -0.39 is 11.3 Å². The summed E-state index contributed by atoms with van der Waals surface area (Å²) in [5.41, 5.74) is 0.190. The minimum atomic E-state index is -2.65. The number of alkyl halides is 2. The van der Waals surface area contributed by atoms with Crippen LogP contribution < -0.4 is 0 Å². The molecule has 1 aliphatic carbocycles. The molecule has 26 heavy (non-hydrogen) atoms. The van der Waals surface area contributed by atoms with E-state index in [1.807, 2.05) is 30.9 Å². The zero-order valence-corrected chi connectivity index (χ0v) is 15.2. The number of hydrogen-bond donors (Lipinski definition) is 0. The van der Waals surface area contributed by atoms with Gasteiger partial charge in [0.15, 0.2) is 0 Å². The van der Waals surface area contributed by atoms with Crippen LogP contribution in [-0.2, 0) is 24.9 Å². The molecule has 0 N–H and O–H groups in total. The van der Waals surface area contributed by atoms with Crippen molar-refractivity contribution in [3.63, 3.8) is 0 Å². The lowest BCUT2D eigenvalue weighted by molar-refractivity contribution is -0.149. The Morgan fingerprint density at radius 1 is 1.31 bits per heavy atom. The van der Waals surface area contributed by atoms with Crippen molar-refractivity contribution in [1.29, 1.82) is 0 Å². The number of hydrogen-bond acceptors (Lipinski definition) is 3. The van der Waals surface area contributed by atoms with Crippen LogP contribution in [0.25, 0.3) is 0 Å². The number of imidazole rings is 1. The molecule has 3 rings (SSSR count). The minimum absolute atomic E-state index is 0.0584. The van der Waals surface area contributed by atoms with Gasteiger partial charge < -0.3 is 9.47 Å². The first-order valence-electron chi connectivity index (χ1n) is 8.88. The molecule has 0 aliphatic heterocycles. The van der Waals surface area contributed by atoms with Crippen molar-refractivity contribution in [1.82, 2.24) is 24.2 Å². The zero-order valence-electron chi connectivity index (χ0n) is 15.2. The van der Waals surface area contributed by atoms with Crippen molar-refractivity contribution in [2.45, 2.75) is 51.6 Å². The molecule has 0 aromatic carbocycles. The minimum Gasteiger partial charge on any atom is -0.336 e. The molecule has 142 valence electrons. The summed E-state index contributed by atoms with van der Waals surface area (Å²) in [6, 6.07) is 0. The molecule has 0 bridgehead atoms. The maximum Gasteiger partial charge on any atom is 0.248 e. The standard InChI is InChI=1S/C18H25F2N5O/c1-17(3-5-18(19,20)6-4-17)16(26)25(10-9-24-8-7-21-14-24)13-15-11-22-23(2)12-15/h7-8,11-12,14H,3-6,9-10,13H2,1-2H3. The Labute approximate surface area is 151 Å². The van der Waals surface area contributed by atoms with Crippen molar-refractivity contribution in [2.24, 2.45) is 12.5 Å². The number of carbonyl (C=O) groups excluding carboxylic acids is 1. The lowest BCUT2D eigenvalue weighted by Gasteiger charge is -2.39. The van der Waals surface area contributed by atoms with Gasteiger partial charge in [0.2, 0.25) is 11.8 Å². The Morgan fingerprint density at radius 2 is 2.04 bits per heavy atom. The molecule has 0 radical (unpaired) electrons. The molecule has 0 spiro atoms. The largest absolute Gasteiger partial charge is 0.336 e. The highest BCUT2D eigenvalue weighted by Gasteiger charge is 2.46. The molecule has 6 nitrogen and oxygen atoms in total. The van der Waals surface area contributed by atoms with Gasteiger partial charge in [-0.1, -0.05) is 6.92 Å². The maximum absolute atomic E-state index is 13.5. The van der Waals surface area contributed by atoms with E-state index in [1.54, 1.807) is 28.3 Å². The van der Waals surface area contributed by atoms with Gasteiger partial charge in [-0.3, -0.25) is 9.48 Å². The average Bonchev–Trinajstić information content (AvgIpc) is 3.25. The van der Waals surface area contributed by atoms with Gasteiger partial charge in [-0.15, -0.1) is 0 Å². The van der Waals surface area contributed by atoms with Crippen molar-refractivity contribution < 1.29 is 13.6 Å². The first kappa shape index (κ1) is 18.5. The predicted octanol–water partition coefficient (Wildman–Crippen LogP) is 2.86. The van der Waals surface area contributed by atoms with E-state index in [4.69, 9.17) is 0 Å². The van der Waals surface area contributed by atoms with E-state index in [0.29, 0.717) is 19.6 Å². The Morgan fingerprint density at radius 3 is 2.62 bits per heavy atom. The van der Waals surface area contributed by atoms with E-state index in [-0.39, 0.29) is 31.6 Å². The van der Waals surface area contributed by atoms with Crippen LogP contribution in [0.3, 0.4) is 0 Å². The number of rotatable bonds is 6. The molecule has 0 saturated heterocycles. The third-order valence-electron chi connectivity index (χ3n) is 5.21. The molecule has 2 aromatic heterocycles. The second-order valence-electron chi connectivity index (χ2n) is 7.47. The first-order chi connectivity index (χ1) is 12.3. The number of aryl methyl sites for hydroxylation is 1. The number of halogens is 2. The molecular formula is C18H25F2N5O. The highest BCUT2D eigenvalue weighted by molar-refractivity contribution is 5.82. The summed E-state index contributed by atoms with van der Waals surface area (Å²) < 4.78 is 30.7. The van der Waals surface area contributed by atoms with Gasteiger partial charge in [0, 0.05) is 69.1 Å². The lowest BCUT2D eigenvalue weighted by atomic mass is 9.73. The topological polar surface area (TPSA) is 56.0 Å². The molecule has 2 heterocycles. The second kappa shape index (κ2) is 7.17. The summed E-state index contributed by atoms with van der Waals surface area (Å²) in [5, 5.41) is 4.15. The van der Waals surface area contributed by atoms with Crippen LogP contribution in [0.4, 0.5) is 8.78 Å². The SMILES string of the molecule is Cn1cc(CN(CCn2ccnc2)C(=O)C2(C)CCC(F)(F)CC2)cn1. The molecule has 8 heteroatoms. The van der Waals surface area contributed by atoms with Gasteiger partial charge in [0.25, 0.3) is 0 Å². The number of nitrogens with zero attached hydrogens (tertiary/aromatic N) is 5. The van der Waals surface area contributed by atoms with E-state index >= 15 is 0 Å². The first-order valence-corrected chi connectivity index (χ1v) is 8.88. The van der Waals surface area contributed by atoms with Crippen LogP contribution in [0.2, 0.25) is 0 Å². The molecule has 1 fully saturated rings. The fourth-order valence-electron chi connectivity index (χ4n) is 3.44. The number of amides is 1. The fourth-order valence-corrected chi connectivity index (χ4v) is 3.44. The summed E-state index contributed by atoms with van der Waals surface area (Å²) in [6.07, 6.45) is 8.82. The number of aromatic nitrogens is 4. The summed E-state index contributed by atoms with van der Waals surface area (Å²) in [7, 11) is 1.83. The van der Waals surface area contributed by atoms with Crippen LogP contribution in [0, 0.1) is 5.41 Å². The summed E-state index contributed by atoms with van der Waals surface area (Å²) in [5.74, 6) is -2.71. The second-order valence-corrected chi connectivity index (χ2v) is 7.47. The Kier molecular flexibility index (Phi) is 5.11. The van der Waals surface area contributed by atoms with Crippen molar-refractivity contribution >= 4 is 5.91 Å². The highest BCUT2D eigenvalue weighted by atomic mass is 19.3. The van der Waals surface area contributed by atoms with E-state index in [2.05, 4.69) is 10.1 Å². The van der Waals surface area contributed by atoms with Crippen LogP contribution in [-0.4, -0.2) is 42.6 Å².